The van der Waals surface area contributed by atoms with Gasteiger partial charge in [-0.25, -0.2) is 0 Å². The van der Waals surface area contributed by atoms with Crippen molar-refractivity contribution in [3.05, 3.63) is 41.4 Å². The highest BCUT2D eigenvalue weighted by Gasteiger charge is 2.18. The highest BCUT2D eigenvalue weighted by molar-refractivity contribution is 6.34. The number of aromatic nitrogens is 3. The summed E-state index contributed by atoms with van der Waals surface area (Å²) in [6.07, 6.45) is 5.04. The Kier molecular flexibility index (Phi) is 4.17. The van der Waals surface area contributed by atoms with Gasteiger partial charge in [0.05, 0.1) is 23.2 Å². The van der Waals surface area contributed by atoms with Gasteiger partial charge in [-0.2, -0.15) is 0 Å². The molecule has 1 unspecified atom stereocenters. The quantitative estimate of drug-likeness (QED) is 0.939. The fraction of sp³-hybridized carbons (Fsp3) is 0.357. The van der Waals surface area contributed by atoms with Crippen LogP contribution in [0.4, 0.5) is 0 Å². The topological polar surface area (TPSA) is 69.0 Å². The number of benzene rings is 1. The van der Waals surface area contributed by atoms with E-state index in [0.29, 0.717) is 17.2 Å². The molecule has 0 saturated carbocycles. The van der Waals surface area contributed by atoms with Gasteiger partial charge in [-0.1, -0.05) is 11.6 Å². The Morgan fingerprint density at radius 3 is 2.86 bits per heavy atom. The van der Waals surface area contributed by atoms with Crippen molar-refractivity contribution in [1.29, 1.82) is 0 Å². The van der Waals surface area contributed by atoms with Crippen LogP contribution < -0.4 is 5.32 Å². The molecular weight excluding hydrogens is 292 g/mol. The monoisotopic (exact) mass is 306 g/mol. The molecule has 1 N–H and O–H groups in total. The molecule has 0 radical (unpaired) electrons. The average molecular weight is 307 g/mol. The third-order valence-corrected chi connectivity index (χ3v) is 3.72. The zero-order valence-corrected chi connectivity index (χ0v) is 12.1. The van der Waals surface area contributed by atoms with Crippen molar-refractivity contribution in [2.24, 2.45) is 0 Å². The van der Waals surface area contributed by atoms with Crippen LogP contribution in [0.15, 0.2) is 30.9 Å². The lowest BCUT2D eigenvalue weighted by molar-refractivity contribution is 0.0624. The second-order valence-electron chi connectivity index (χ2n) is 4.92. The van der Waals surface area contributed by atoms with E-state index in [1.807, 2.05) is 6.07 Å². The Labute approximate surface area is 127 Å². The summed E-state index contributed by atoms with van der Waals surface area (Å²) in [5, 5.41) is 10.8. The van der Waals surface area contributed by atoms with Crippen LogP contribution in [0.5, 0.6) is 0 Å². The Bertz CT molecular complexity index is 624. The number of amides is 1. The highest BCUT2D eigenvalue weighted by atomic mass is 35.5. The van der Waals surface area contributed by atoms with Gasteiger partial charge in [0.15, 0.2) is 0 Å². The first-order valence-electron chi connectivity index (χ1n) is 6.77. The van der Waals surface area contributed by atoms with Crippen LogP contribution in [-0.4, -0.2) is 39.9 Å². The molecule has 1 aromatic carbocycles. The van der Waals surface area contributed by atoms with Crippen LogP contribution in [0.3, 0.4) is 0 Å². The molecule has 0 spiro atoms. The van der Waals surface area contributed by atoms with Crippen molar-refractivity contribution in [2.45, 2.75) is 18.9 Å². The fourth-order valence-corrected chi connectivity index (χ4v) is 2.56. The number of hydrogen-bond acceptors (Lipinski definition) is 4. The predicted molar refractivity (Wildman–Crippen MR) is 77.7 cm³/mol. The molecule has 21 heavy (non-hydrogen) atoms. The van der Waals surface area contributed by atoms with Crippen LogP contribution in [0.1, 0.15) is 23.2 Å². The molecular formula is C14H15ClN4O2. The summed E-state index contributed by atoms with van der Waals surface area (Å²) < 4.78 is 7.08. The molecule has 3 rings (SSSR count). The Morgan fingerprint density at radius 2 is 2.19 bits per heavy atom. The molecule has 1 fully saturated rings. The normalized spacial score (nSPS) is 18.4. The van der Waals surface area contributed by atoms with Gasteiger partial charge in [0.2, 0.25) is 0 Å². The third kappa shape index (κ3) is 3.22. The van der Waals surface area contributed by atoms with Gasteiger partial charge in [0, 0.05) is 12.3 Å². The lowest BCUT2D eigenvalue weighted by Crippen LogP contribution is -2.40. The second-order valence-corrected chi connectivity index (χ2v) is 5.33. The summed E-state index contributed by atoms with van der Waals surface area (Å²) in [4.78, 5) is 12.2. The van der Waals surface area contributed by atoms with E-state index in [0.717, 1.165) is 25.1 Å². The summed E-state index contributed by atoms with van der Waals surface area (Å²) in [5.41, 5.74) is 1.27. The van der Waals surface area contributed by atoms with Crippen LogP contribution >= 0.6 is 11.6 Å². The second kappa shape index (κ2) is 6.24. The number of ether oxygens (including phenoxy) is 1. The third-order valence-electron chi connectivity index (χ3n) is 3.41. The number of halogens is 1. The minimum atomic E-state index is -0.175. The maximum Gasteiger partial charge on any atom is 0.253 e. The van der Waals surface area contributed by atoms with E-state index >= 15 is 0 Å². The summed E-state index contributed by atoms with van der Waals surface area (Å²) in [6.45, 7) is 1.32. The van der Waals surface area contributed by atoms with Crippen LogP contribution in [-0.2, 0) is 4.74 Å². The first kappa shape index (κ1) is 14.0. The molecule has 0 bridgehead atoms. The maximum atomic E-state index is 12.2. The van der Waals surface area contributed by atoms with E-state index in [1.54, 1.807) is 29.4 Å². The maximum absolute atomic E-state index is 12.2. The molecule has 110 valence electrons. The minimum absolute atomic E-state index is 0.0554. The average Bonchev–Trinajstić information content (AvgIpc) is 3.02. The number of carbonyl (C=O) groups excluding carboxylic acids is 1. The number of carbonyl (C=O) groups is 1. The molecule has 0 aliphatic carbocycles. The minimum Gasteiger partial charge on any atom is -0.379 e. The lowest BCUT2D eigenvalue weighted by atomic mass is 10.1. The SMILES string of the molecule is O=C(NC1CCCOC1)c1ccc(-n2cnnc2)cc1Cl. The van der Waals surface area contributed by atoms with E-state index in [1.165, 1.54) is 0 Å². The Morgan fingerprint density at radius 1 is 1.38 bits per heavy atom. The zero-order valence-electron chi connectivity index (χ0n) is 11.3. The van der Waals surface area contributed by atoms with Gasteiger partial charge in [-0.05, 0) is 31.0 Å². The lowest BCUT2D eigenvalue weighted by Gasteiger charge is -2.23. The van der Waals surface area contributed by atoms with E-state index in [-0.39, 0.29) is 11.9 Å². The van der Waals surface area contributed by atoms with Gasteiger partial charge in [0.1, 0.15) is 12.7 Å². The first-order chi connectivity index (χ1) is 10.2. The Hall–Kier alpha value is -1.92. The predicted octanol–water partition coefficient (Wildman–Crippen LogP) is 1.83. The van der Waals surface area contributed by atoms with E-state index in [2.05, 4.69) is 15.5 Å². The smallest absolute Gasteiger partial charge is 0.253 e. The molecule has 2 aromatic rings. The van der Waals surface area contributed by atoms with Gasteiger partial charge in [-0.3, -0.25) is 9.36 Å². The van der Waals surface area contributed by atoms with E-state index < -0.39 is 0 Å². The highest BCUT2D eigenvalue weighted by Crippen LogP contribution is 2.20. The van der Waals surface area contributed by atoms with E-state index in [4.69, 9.17) is 16.3 Å². The first-order valence-corrected chi connectivity index (χ1v) is 7.15. The molecule has 6 nitrogen and oxygen atoms in total. The molecule has 2 heterocycles. The van der Waals surface area contributed by atoms with Gasteiger partial charge < -0.3 is 10.1 Å². The molecule has 1 aromatic heterocycles. The van der Waals surface area contributed by atoms with Gasteiger partial charge in [0.25, 0.3) is 5.91 Å². The van der Waals surface area contributed by atoms with Crippen molar-refractivity contribution < 1.29 is 9.53 Å². The fourth-order valence-electron chi connectivity index (χ4n) is 2.30. The standard InChI is InChI=1S/C14H15ClN4O2/c15-13-6-11(19-8-16-17-9-19)3-4-12(13)14(20)18-10-2-1-5-21-7-10/h3-4,6,8-10H,1-2,5,7H2,(H,18,20). The molecule has 1 saturated heterocycles. The molecule has 1 aliphatic heterocycles. The van der Waals surface area contributed by atoms with Crippen molar-refractivity contribution in [2.75, 3.05) is 13.2 Å². The molecule has 1 amide bonds. The number of hydrogen-bond donors (Lipinski definition) is 1. The van der Waals surface area contributed by atoms with Gasteiger partial charge in [-0.15, -0.1) is 10.2 Å². The molecule has 1 atom stereocenters. The zero-order chi connectivity index (χ0) is 14.7. The molecule has 7 heteroatoms. The number of nitrogens with zero attached hydrogens (tertiary/aromatic N) is 3. The van der Waals surface area contributed by atoms with Crippen LogP contribution in [0.2, 0.25) is 5.02 Å². The van der Waals surface area contributed by atoms with Crippen LogP contribution in [0, 0.1) is 0 Å². The summed E-state index contributed by atoms with van der Waals surface area (Å²) in [5.74, 6) is -0.175. The number of nitrogens with one attached hydrogen (secondary N) is 1. The largest absolute Gasteiger partial charge is 0.379 e. The summed E-state index contributed by atoms with van der Waals surface area (Å²) in [7, 11) is 0. The number of rotatable bonds is 3. The van der Waals surface area contributed by atoms with Crippen molar-refractivity contribution >= 4 is 17.5 Å². The van der Waals surface area contributed by atoms with Crippen LogP contribution in [0.25, 0.3) is 5.69 Å². The summed E-state index contributed by atoms with van der Waals surface area (Å²) in [6, 6.07) is 5.29. The van der Waals surface area contributed by atoms with Crippen molar-refractivity contribution in [3.8, 4) is 5.69 Å². The van der Waals surface area contributed by atoms with Crippen molar-refractivity contribution in [1.82, 2.24) is 20.1 Å². The Balaban J connectivity index is 1.74. The molecule has 1 aliphatic rings. The van der Waals surface area contributed by atoms with Crippen molar-refractivity contribution in [3.63, 3.8) is 0 Å². The summed E-state index contributed by atoms with van der Waals surface area (Å²) >= 11 is 6.21. The van der Waals surface area contributed by atoms with Gasteiger partial charge >= 0.3 is 0 Å². The van der Waals surface area contributed by atoms with E-state index in [9.17, 15) is 4.79 Å².